The minimum absolute atomic E-state index is 0.263. The zero-order chi connectivity index (χ0) is 14.5. The molecule has 21 heavy (non-hydrogen) atoms. The van der Waals surface area contributed by atoms with Gasteiger partial charge in [-0.1, -0.05) is 0 Å². The number of aromatic amines is 1. The van der Waals surface area contributed by atoms with E-state index in [1.807, 2.05) is 22.0 Å². The molecule has 5 nitrogen and oxygen atoms in total. The first-order valence-electron chi connectivity index (χ1n) is 7.44. The molecule has 1 aliphatic rings. The molecule has 112 valence electrons. The van der Waals surface area contributed by atoms with Gasteiger partial charge in [-0.15, -0.1) is 11.3 Å². The monoisotopic (exact) mass is 304 g/mol. The summed E-state index contributed by atoms with van der Waals surface area (Å²) in [6.07, 6.45) is 8.14. The summed E-state index contributed by atoms with van der Waals surface area (Å²) in [6.45, 7) is 1.75. The highest BCUT2D eigenvalue weighted by Crippen LogP contribution is 2.21. The van der Waals surface area contributed by atoms with Crippen LogP contribution in [-0.4, -0.2) is 38.8 Å². The number of nitrogens with one attached hydrogen (secondary N) is 1. The molecule has 1 saturated heterocycles. The summed E-state index contributed by atoms with van der Waals surface area (Å²) in [7, 11) is 0. The van der Waals surface area contributed by atoms with E-state index in [-0.39, 0.29) is 5.91 Å². The molecule has 3 heterocycles. The Morgan fingerprint density at radius 3 is 2.90 bits per heavy atom. The quantitative estimate of drug-likeness (QED) is 0.922. The minimum atomic E-state index is 0.263. The third kappa shape index (κ3) is 3.91. The first-order valence-corrected chi connectivity index (χ1v) is 8.38. The number of nitrogens with zero attached hydrogens (tertiary/aromatic N) is 3. The number of aryl methyl sites for hydroxylation is 1. The van der Waals surface area contributed by atoms with Crippen molar-refractivity contribution in [1.82, 2.24) is 19.9 Å². The van der Waals surface area contributed by atoms with E-state index in [2.05, 4.69) is 15.0 Å². The number of aromatic nitrogens is 3. The van der Waals surface area contributed by atoms with Crippen LogP contribution in [0.4, 0.5) is 0 Å². The van der Waals surface area contributed by atoms with Gasteiger partial charge in [0.2, 0.25) is 5.91 Å². The Bertz CT molecular complexity index is 544. The van der Waals surface area contributed by atoms with Gasteiger partial charge >= 0.3 is 0 Å². The Balaban J connectivity index is 1.41. The summed E-state index contributed by atoms with van der Waals surface area (Å²) in [6, 6.07) is 0. The number of thiazole rings is 1. The number of piperidine rings is 1. The largest absolute Gasteiger partial charge is 0.349 e. The number of carbonyl (C=O) groups is 1. The average molecular weight is 304 g/mol. The fourth-order valence-electron chi connectivity index (χ4n) is 2.82. The van der Waals surface area contributed by atoms with Gasteiger partial charge in [0.25, 0.3) is 0 Å². The number of imidazole rings is 1. The molecule has 1 amide bonds. The second kappa shape index (κ2) is 6.85. The molecule has 0 radical (unpaired) electrons. The van der Waals surface area contributed by atoms with E-state index in [1.165, 1.54) is 0 Å². The van der Waals surface area contributed by atoms with Crippen LogP contribution in [0.15, 0.2) is 23.3 Å². The van der Waals surface area contributed by atoms with Gasteiger partial charge in [0.15, 0.2) is 0 Å². The van der Waals surface area contributed by atoms with Crippen molar-refractivity contribution in [3.63, 3.8) is 0 Å². The summed E-state index contributed by atoms with van der Waals surface area (Å²) in [5.74, 6) is 1.96. The molecular weight excluding hydrogens is 284 g/mol. The van der Waals surface area contributed by atoms with Crippen LogP contribution in [0.2, 0.25) is 0 Å². The smallest absolute Gasteiger partial charge is 0.222 e. The lowest BCUT2D eigenvalue weighted by molar-refractivity contribution is -0.132. The minimum Gasteiger partial charge on any atom is -0.349 e. The number of carbonyl (C=O) groups excluding carboxylic acids is 1. The number of H-pyrrole nitrogens is 1. The molecule has 2 aromatic heterocycles. The van der Waals surface area contributed by atoms with Gasteiger partial charge in [-0.05, 0) is 25.2 Å². The topological polar surface area (TPSA) is 61.9 Å². The first-order chi connectivity index (χ1) is 10.3. The van der Waals surface area contributed by atoms with Crippen LogP contribution >= 0.6 is 11.3 Å². The molecule has 0 saturated carbocycles. The molecule has 0 aromatic carbocycles. The maximum atomic E-state index is 12.2. The number of amides is 1. The van der Waals surface area contributed by atoms with Gasteiger partial charge in [0.05, 0.1) is 11.2 Å². The van der Waals surface area contributed by atoms with Gasteiger partial charge in [-0.25, -0.2) is 9.97 Å². The average Bonchev–Trinajstić information content (AvgIpc) is 3.19. The fourth-order valence-corrected chi connectivity index (χ4v) is 3.42. The number of hydrogen-bond acceptors (Lipinski definition) is 4. The van der Waals surface area contributed by atoms with E-state index < -0.39 is 0 Å². The SMILES string of the molecule is O=C(CCc1cscn1)N1CCC(Cc2ncc[nH]2)CC1. The van der Waals surface area contributed by atoms with Gasteiger partial charge in [0, 0.05) is 43.7 Å². The van der Waals surface area contributed by atoms with E-state index in [4.69, 9.17) is 0 Å². The van der Waals surface area contributed by atoms with Crippen molar-refractivity contribution in [1.29, 1.82) is 0 Å². The van der Waals surface area contributed by atoms with Crippen LogP contribution in [0.1, 0.15) is 30.8 Å². The molecule has 2 aromatic rings. The Morgan fingerprint density at radius 2 is 2.24 bits per heavy atom. The number of likely N-dealkylation sites (tertiary alicyclic amines) is 1. The lowest BCUT2D eigenvalue weighted by atomic mass is 9.93. The lowest BCUT2D eigenvalue weighted by Crippen LogP contribution is -2.39. The Hall–Kier alpha value is -1.69. The summed E-state index contributed by atoms with van der Waals surface area (Å²) in [4.78, 5) is 25.9. The third-order valence-corrected chi connectivity index (χ3v) is 4.72. The van der Waals surface area contributed by atoms with E-state index in [1.54, 1.807) is 17.5 Å². The molecule has 1 aliphatic heterocycles. The van der Waals surface area contributed by atoms with Crippen LogP contribution in [0.5, 0.6) is 0 Å². The molecule has 0 atom stereocenters. The fraction of sp³-hybridized carbons (Fsp3) is 0.533. The van der Waals surface area contributed by atoms with Crippen LogP contribution < -0.4 is 0 Å². The first kappa shape index (κ1) is 14.3. The Morgan fingerprint density at radius 1 is 1.38 bits per heavy atom. The van der Waals surface area contributed by atoms with Crippen molar-refractivity contribution in [3.8, 4) is 0 Å². The molecule has 0 aliphatic carbocycles. The third-order valence-electron chi connectivity index (χ3n) is 4.08. The van der Waals surface area contributed by atoms with Gasteiger partial charge < -0.3 is 9.88 Å². The lowest BCUT2D eigenvalue weighted by Gasteiger charge is -2.31. The summed E-state index contributed by atoms with van der Waals surface area (Å²) >= 11 is 1.58. The van der Waals surface area contributed by atoms with Crippen molar-refractivity contribution in [3.05, 3.63) is 34.8 Å². The second-order valence-electron chi connectivity index (χ2n) is 5.54. The van der Waals surface area contributed by atoms with Gasteiger partial charge in [-0.2, -0.15) is 0 Å². The molecule has 3 rings (SSSR count). The Kier molecular flexibility index (Phi) is 4.65. The van der Waals surface area contributed by atoms with Crippen molar-refractivity contribution >= 4 is 17.2 Å². The normalized spacial score (nSPS) is 16.3. The predicted octanol–water partition coefficient (Wildman–Crippen LogP) is 2.28. The van der Waals surface area contributed by atoms with Crippen LogP contribution in [-0.2, 0) is 17.6 Å². The highest BCUT2D eigenvalue weighted by molar-refractivity contribution is 7.07. The molecule has 1 N–H and O–H groups in total. The Labute approximate surface area is 128 Å². The summed E-state index contributed by atoms with van der Waals surface area (Å²) in [5, 5.41) is 2.02. The second-order valence-corrected chi connectivity index (χ2v) is 6.26. The molecule has 1 fully saturated rings. The number of hydrogen-bond donors (Lipinski definition) is 1. The van der Waals surface area contributed by atoms with E-state index in [0.717, 1.165) is 50.3 Å². The van der Waals surface area contributed by atoms with Crippen molar-refractivity contribution in [2.45, 2.75) is 32.1 Å². The van der Waals surface area contributed by atoms with Crippen LogP contribution in [0.25, 0.3) is 0 Å². The number of rotatable bonds is 5. The molecule has 0 bridgehead atoms. The van der Waals surface area contributed by atoms with E-state index in [0.29, 0.717) is 12.3 Å². The maximum Gasteiger partial charge on any atom is 0.222 e. The van der Waals surface area contributed by atoms with Gasteiger partial charge in [-0.3, -0.25) is 4.79 Å². The zero-order valence-corrected chi connectivity index (χ0v) is 12.8. The molecule has 6 heteroatoms. The predicted molar refractivity (Wildman–Crippen MR) is 82.0 cm³/mol. The maximum absolute atomic E-state index is 12.2. The summed E-state index contributed by atoms with van der Waals surface area (Å²) in [5.41, 5.74) is 2.85. The standard InChI is InChI=1S/C15H20N4OS/c20-15(2-1-13-10-21-11-18-13)19-7-3-12(4-8-19)9-14-16-5-6-17-14/h5-6,10-12H,1-4,7-9H2,(H,16,17). The highest BCUT2D eigenvalue weighted by atomic mass is 32.1. The zero-order valence-electron chi connectivity index (χ0n) is 12.0. The van der Waals surface area contributed by atoms with Crippen molar-refractivity contribution < 1.29 is 4.79 Å². The van der Waals surface area contributed by atoms with Gasteiger partial charge in [0.1, 0.15) is 5.82 Å². The van der Waals surface area contributed by atoms with Crippen LogP contribution in [0, 0.1) is 5.92 Å². The highest BCUT2D eigenvalue weighted by Gasteiger charge is 2.23. The summed E-state index contributed by atoms with van der Waals surface area (Å²) < 4.78 is 0. The van der Waals surface area contributed by atoms with E-state index >= 15 is 0 Å². The van der Waals surface area contributed by atoms with Crippen molar-refractivity contribution in [2.24, 2.45) is 5.92 Å². The molecule has 0 spiro atoms. The molecule has 0 unspecified atom stereocenters. The van der Waals surface area contributed by atoms with Crippen LogP contribution in [0.3, 0.4) is 0 Å². The van der Waals surface area contributed by atoms with Crippen molar-refractivity contribution in [2.75, 3.05) is 13.1 Å². The van der Waals surface area contributed by atoms with E-state index in [9.17, 15) is 4.79 Å². The molecular formula is C15H20N4OS.